The predicted molar refractivity (Wildman–Crippen MR) is 105 cm³/mol. The largest absolute Gasteiger partial charge is 0.464 e. The van der Waals surface area contributed by atoms with Crippen LogP contribution in [0.25, 0.3) is 0 Å². The van der Waals surface area contributed by atoms with E-state index in [2.05, 4.69) is 5.32 Å². The molecule has 1 aliphatic carbocycles. The summed E-state index contributed by atoms with van der Waals surface area (Å²) in [5, 5.41) is 3.10. The van der Waals surface area contributed by atoms with Crippen LogP contribution < -0.4 is 5.32 Å². The van der Waals surface area contributed by atoms with Gasteiger partial charge >= 0.3 is 5.97 Å². The first-order valence-corrected chi connectivity index (χ1v) is 9.75. The molecule has 1 amide bonds. The van der Waals surface area contributed by atoms with Gasteiger partial charge in [-0.05, 0) is 30.9 Å². The minimum absolute atomic E-state index is 0.151. The van der Waals surface area contributed by atoms with Crippen molar-refractivity contribution in [3.63, 3.8) is 0 Å². The Morgan fingerprint density at radius 2 is 1.44 bits per heavy atom. The van der Waals surface area contributed by atoms with E-state index in [-0.39, 0.29) is 11.9 Å². The van der Waals surface area contributed by atoms with E-state index in [4.69, 9.17) is 4.74 Å². The van der Waals surface area contributed by atoms with Gasteiger partial charge in [-0.1, -0.05) is 79.9 Å². The molecule has 142 valence electrons. The smallest absolute Gasteiger partial charge is 0.331 e. The predicted octanol–water partition coefficient (Wildman–Crippen LogP) is 4.20. The molecular weight excluding hydrogens is 338 g/mol. The Labute approximate surface area is 160 Å². The number of rotatable bonds is 6. The topological polar surface area (TPSA) is 55.4 Å². The highest BCUT2D eigenvalue weighted by atomic mass is 16.5. The van der Waals surface area contributed by atoms with Gasteiger partial charge < -0.3 is 10.1 Å². The molecule has 0 saturated heterocycles. The van der Waals surface area contributed by atoms with Crippen molar-refractivity contribution in [2.24, 2.45) is 0 Å². The molecular formula is C23H27NO3. The van der Waals surface area contributed by atoms with Crippen LogP contribution in [0.15, 0.2) is 60.7 Å². The highest BCUT2D eigenvalue weighted by molar-refractivity contribution is 5.93. The Morgan fingerprint density at radius 1 is 0.926 bits per heavy atom. The fourth-order valence-corrected chi connectivity index (χ4v) is 3.90. The molecule has 0 unspecified atom stereocenters. The molecule has 0 spiro atoms. The van der Waals surface area contributed by atoms with Crippen molar-refractivity contribution in [3.05, 3.63) is 71.8 Å². The average Bonchev–Trinajstić information content (AvgIpc) is 2.71. The second-order valence-electron chi connectivity index (χ2n) is 7.11. The number of hydrogen-bond acceptors (Lipinski definition) is 3. The summed E-state index contributed by atoms with van der Waals surface area (Å²) in [6, 6.07) is 19.4. The summed E-state index contributed by atoms with van der Waals surface area (Å²) in [5.74, 6) is -0.916. The molecule has 1 saturated carbocycles. The highest BCUT2D eigenvalue weighted by Gasteiger charge is 2.43. The molecule has 2 aromatic rings. The number of carbonyl (C=O) groups is 2. The third-order valence-corrected chi connectivity index (χ3v) is 5.26. The van der Waals surface area contributed by atoms with Crippen molar-refractivity contribution < 1.29 is 14.3 Å². The lowest BCUT2D eigenvalue weighted by Crippen LogP contribution is -2.57. The van der Waals surface area contributed by atoms with Crippen LogP contribution in [0.4, 0.5) is 0 Å². The van der Waals surface area contributed by atoms with Crippen molar-refractivity contribution in [3.8, 4) is 0 Å². The number of ether oxygens (including phenoxy) is 1. The van der Waals surface area contributed by atoms with Gasteiger partial charge in [-0.15, -0.1) is 0 Å². The molecule has 4 nitrogen and oxygen atoms in total. The van der Waals surface area contributed by atoms with E-state index in [1.54, 1.807) is 6.92 Å². The van der Waals surface area contributed by atoms with Crippen molar-refractivity contribution >= 4 is 11.9 Å². The summed E-state index contributed by atoms with van der Waals surface area (Å²) in [7, 11) is 0. The first-order valence-electron chi connectivity index (χ1n) is 9.75. The molecule has 27 heavy (non-hydrogen) atoms. The second kappa shape index (κ2) is 8.85. The van der Waals surface area contributed by atoms with Gasteiger partial charge in [0, 0.05) is 0 Å². The van der Waals surface area contributed by atoms with E-state index in [0.29, 0.717) is 19.4 Å². The lowest BCUT2D eigenvalue weighted by atomic mass is 9.80. The summed E-state index contributed by atoms with van der Waals surface area (Å²) in [6.07, 6.45) is 4.18. The number of nitrogens with one attached hydrogen (secondary N) is 1. The van der Waals surface area contributed by atoms with Gasteiger partial charge in [0.25, 0.3) is 0 Å². The van der Waals surface area contributed by atoms with Gasteiger partial charge in [-0.25, -0.2) is 4.79 Å². The summed E-state index contributed by atoms with van der Waals surface area (Å²) < 4.78 is 5.32. The molecule has 2 aromatic carbocycles. The Balaban J connectivity index is 1.92. The van der Waals surface area contributed by atoms with E-state index in [1.807, 2.05) is 60.7 Å². The van der Waals surface area contributed by atoms with Gasteiger partial charge in [0.1, 0.15) is 5.54 Å². The van der Waals surface area contributed by atoms with Crippen molar-refractivity contribution in [1.29, 1.82) is 0 Å². The Bertz CT molecular complexity index is 712. The van der Waals surface area contributed by atoms with Crippen LogP contribution in [0.5, 0.6) is 0 Å². The average molecular weight is 365 g/mol. The summed E-state index contributed by atoms with van der Waals surface area (Å²) in [4.78, 5) is 26.1. The standard InChI is InChI=1S/C23H27NO3/c1-2-27-22(26)23(16-10-5-11-17-23)24-21(25)20(18-12-6-3-7-13-18)19-14-8-4-9-15-19/h3-4,6-9,12-15,20H,2,5,10-11,16-17H2,1H3,(H,24,25). The maximum atomic E-state index is 13.4. The Hall–Kier alpha value is -2.62. The molecule has 0 atom stereocenters. The van der Waals surface area contributed by atoms with Gasteiger partial charge in [0.2, 0.25) is 5.91 Å². The maximum absolute atomic E-state index is 13.4. The molecule has 0 aromatic heterocycles. The van der Waals surface area contributed by atoms with Gasteiger partial charge in [0.15, 0.2) is 0 Å². The fourth-order valence-electron chi connectivity index (χ4n) is 3.90. The van der Waals surface area contributed by atoms with E-state index in [0.717, 1.165) is 30.4 Å². The van der Waals surface area contributed by atoms with Gasteiger partial charge in [0.05, 0.1) is 12.5 Å². The summed E-state index contributed by atoms with van der Waals surface area (Å²) in [5.41, 5.74) is 0.916. The first-order chi connectivity index (χ1) is 13.2. The monoisotopic (exact) mass is 365 g/mol. The molecule has 1 aliphatic rings. The van der Waals surface area contributed by atoms with Crippen LogP contribution in [0.2, 0.25) is 0 Å². The molecule has 1 fully saturated rings. The number of hydrogen-bond donors (Lipinski definition) is 1. The molecule has 0 bridgehead atoms. The van der Waals surface area contributed by atoms with Crippen LogP contribution in [-0.2, 0) is 14.3 Å². The van der Waals surface area contributed by atoms with Gasteiger partial charge in [-0.2, -0.15) is 0 Å². The van der Waals surface area contributed by atoms with E-state index >= 15 is 0 Å². The lowest BCUT2D eigenvalue weighted by Gasteiger charge is -2.36. The SMILES string of the molecule is CCOC(=O)C1(NC(=O)C(c2ccccc2)c2ccccc2)CCCCC1. The molecule has 4 heteroatoms. The third kappa shape index (κ3) is 4.38. The number of carbonyl (C=O) groups excluding carboxylic acids is 2. The minimum Gasteiger partial charge on any atom is -0.464 e. The fraction of sp³-hybridized carbons (Fsp3) is 0.391. The van der Waals surface area contributed by atoms with E-state index in [1.165, 1.54) is 0 Å². The minimum atomic E-state index is -0.910. The normalized spacial score (nSPS) is 15.9. The highest BCUT2D eigenvalue weighted by Crippen LogP contribution is 2.32. The van der Waals surface area contributed by atoms with Crippen molar-refractivity contribution in [1.82, 2.24) is 5.32 Å². The zero-order valence-corrected chi connectivity index (χ0v) is 15.8. The zero-order valence-electron chi connectivity index (χ0n) is 15.8. The van der Waals surface area contributed by atoms with E-state index in [9.17, 15) is 9.59 Å². The number of esters is 1. The molecule has 3 rings (SSSR count). The molecule has 0 aliphatic heterocycles. The molecule has 0 heterocycles. The van der Waals surface area contributed by atoms with Crippen molar-refractivity contribution in [2.45, 2.75) is 50.5 Å². The van der Waals surface area contributed by atoms with Crippen LogP contribution in [0, 0.1) is 0 Å². The first kappa shape index (κ1) is 19.2. The Kier molecular flexibility index (Phi) is 6.28. The number of amides is 1. The summed E-state index contributed by atoms with van der Waals surface area (Å²) in [6.45, 7) is 2.12. The van der Waals surface area contributed by atoms with Crippen LogP contribution in [0.3, 0.4) is 0 Å². The third-order valence-electron chi connectivity index (χ3n) is 5.26. The lowest BCUT2D eigenvalue weighted by molar-refractivity contribution is -0.155. The van der Waals surface area contributed by atoms with Crippen LogP contribution in [0.1, 0.15) is 56.1 Å². The second-order valence-corrected chi connectivity index (χ2v) is 7.11. The van der Waals surface area contributed by atoms with Gasteiger partial charge in [-0.3, -0.25) is 4.79 Å². The summed E-state index contributed by atoms with van der Waals surface area (Å²) >= 11 is 0. The molecule has 1 N–H and O–H groups in total. The number of benzene rings is 2. The van der Waals surface area contributed by atoms with Crippen molar-refractivity contribution in [2.75, 3.05) is 6.61 Å². The maximum Gasteiger partial charge on any atom is 0.331 e. The Morgan fingerprint density at radius 3 is 1.93 bits per heavy atom. The zero-order chi connectivity index (χ0) is 19.1. The van der Waals surface area contributed by atoms with Crippen LogP contribution in [-0.4, -0.2) is 24.0 Å². The van der Waals surface area contributed by atoms with Crippen LogP contribution >= 0.6 is 0 Å². The van der Waals surface area contributed by atoms with E-state index < -0.39 is 11.5 Å². The quantitative estimate of drug-likeness (QED) is 0.781. The molecule has 0 radical (unpaired) electrons.